The van der Waals surface area contributed by atoms with E-state index in [1.54, 1.807) is 30.4 Å². The van der Waals surface area contributed by atoms with Crippen molar-refractivity contribution in [2.45, 2.75) is 13.0 Å². The second kappa shape index (κ2) is 6.55. The Morgan fingerprint density at radius 2 is 2.00 bits per heavy atom. The third kappa shape index (κ3) is 3.04. The Hall–Kier alpha value is -2.29. The molecule has 0 aliphatic heterocycles. The molecule has 4 aromatic heterocycles. The molecule has 8 heteroatoms. The molecular formula is C17H12N2O3S3. The van der Waals surface area contributed by atoms with E-state index >= 15 is 0 Å². The molecule has 0 bridgehead atoms. The summed E-state index contributed by atoms with van der Waals surface area (Å²) >= 11 is 4.30. The predicted molar refractivity (Wildman–Crippen MR) is 102 cm³/mol. The van der Waals surface area contributed by atoms with Crippen LogP contribution in [0.25, 0.3) is 20.7 Å². The number of carbonyl (C=O) groups is 1. The Labute approximate surface area is 154 Å². The number of hydrogen-bond acceptors (Lipinski definition) is 7. The minimum absolute atomic E-state index is 0.219. The number of hydrogen-bond donors (Lipinski definition) is 1. The van der Waals surface area contributed by atoms with Crippen molar-refractivity contribution in [3.63, 3.8) is 0 Å². The molecule has 5 nitrogen and oxygen atoms in total. The molecule has 0 aliphatic carbocycles. The smallest absolute Gasteiger partial charge is 0.349 e. The Morgan fingerprint density at radius 1 is 1.20 bits per heavy atom. The first-order valence-electron chi connectivity index (χ1n) is 7.43. The van der Waals surface area contributed by atoms with Gasteiger partial charge in [-0.05, 0) is 29.8 Å². The van der Waals surface area contributed by atoms with Gasteiger partial charge in [0.15, 0.2) is 11.9 Å². The van der Waals surface area contributed by atoms with Gasteiger partial charge in [0.1, 0.15) is 9.71 Å². The number of ether oxygens (including phenoxy) is 1. The summed E-state index contributed by atoms with van der Waals surface area (Å²) < 4.78 is 5.41. The van der Waals surface area contributed by atoms with Gasteiger partial charge in [0.2, 0.25) is 0 Å². The summed E-state index contributed by atoms with van der Waals surface area (Å²) in [7, 11) is 0. The second-order valence-electron chi connectivity index (χ2n) is 5.28. The molecular weight excluding hydrogens is 376 g/mol. The Kier molecular flexibility index (Phi) is 4.24. The third-order valence-corrected chi connectivity index (χ3v) is 6.27. The lowest BCUT2D eigenvalue weighted by molar-refractivity contribution is 0.0326. The van der Waals surface area contributed by atoms with Crippen molar-refractivity contribution in [1.29, 1.82) is 0 Å². The molecule has 0 aromatic carbocycles. The average Bonchev–Trinajstić information content (AvgIpc) is 3.34. The molecule has 0 saturated carbocycles. The molecule has 126 valence electrons. The first-order valence-corrected chi connectivity index (χ1v) is 10.1. The van der Waals surface area contributed by atoms with Crippen LogP contribution < -0.4 is 5.56 Å². The number of nitrogens with one attached hydrogen (secondary N) is 1. The van der Waals surface area contributed by atoms with Crippen LogP contribution in [-0.4, -0.2) is 15.9 Å². The molecule has 0 saturated heterocycles. The van der Waals surface area contributed by atoms with Gasteiger partial charge in [-0.25, -0.2) is 9.78 Å². The summed E-state index contributed by atoms with van der Waals surface area (Å²) in [5.41, 5.74) is 0.669. The highest BCUT2D eigenvalue weighted by atomic mass is 32.1. The van der Waals surface area contributed by atoms with Crippen LogP contribution >= 0.6 is 34.0 Å². The van der Waals surface area contributed by atoms with Gasteiger partial charge in [-0.2, -0.15) is 0 Å². The maximum atomic E-state index is 12.6. The number of carbonyl (C=O) groups excluding carboxylic acids is 1. The molecule has 0 amide bonds. The van der Waals surface area contributed by atoms with E-state index < -0.39 is 12.1 Å². The van der Waals surface area contributed by atoms with Gasteiger partial charge >= 0.3 is 5.97 Å². The summed E-state index contributed by atoms with van der Waals surface area (Å²) in [6.07, 6.45) is -0.640. The van der Waals surface area contributed by atoms with Crippen LogP contribution in [0.2, 0.25) is 0 Å². The van der Waals surface area contributed by atoms with E-state index in [1.807, 2.05) is 28.3 Å². The normalized spacial score (nSPS) is 12.4. The molecule has 4 aromatic rings. The molecule has 0 fully saturated rings. The minimum atomic E-state index is -0.640. The van der Waals surface area contributed by atoms with E-state index in [0.717, 1.165) is 10.4 Å². The number of aromatic amines is 1. The Bertz CT molecular complexity index is 1080. The monoisotopic (exact) mass is 388 g/mol. The predicted octanol–water partition coefficient (Wildman–Crippen LogP) is 4.69. The van der Waals surface area contributed by atoms with E-state index in [1.165, 1.54) is 22.7 Å². The second-order valence-corrected chi connectivity index (χ2v) is 8.04. The van der Waals surface area contributed by atoms with Crippen molar-refractivity contribution in [3.05, 3.63) is 61.5 Å². The molecule has 0 radical (unpaired) electrons. The van der Waals surface area contributed by atoms with Crippen molar-refractivity contribution < 1.29 is 9.53 Å². The topological polar surface area (TPSA) is 72.0 Å². The number of H-pyrrole nitrogens is 1. The first-order chi connectivity index (χ1) is 12.1. The van der Waals surface area contributed by atoms with Crippen molar-refractivity contribution in [2.75, 3.05) is 0 Å². The lowest BCUT2D eigenvalue weighted by Gasteiger charge is -2.11. The average molecular weight is 388 g/mol. The van der Waals surface area contributed by atoms with Gasteiger partial charge in [-0.3, -0.25) is 4.79 Å². The highest BCUT2D eigenvalue weighted by molar-refractivity contribution is 7.18. The molecule has 25 heavy (non-hydrogen) atoms. The van der Waals surface area contributed by atoms with Crippen molar-refractivity contribution in [1.82, 2.24) is 9.97 Å². The van der Waals surface area contributed by atoms with Gasteiger partial charge in [-0.1, -0.05) is 12.1 Å². The minimum Gasteiger partial charge on any atom is -0.450 e. The van der Waals surface area contributed by atoms with Crippen molar-refractivity contribution in [2.24, 2.45) is 0 Å². The van der Waals surface area contributed by atoms with Gasteiger partial charge in [0.25, 0.3) is 5.56 Å². The zero-order chi connectivity index (χ0) is 17.4. The molecule has 4 heterocycles. The summed E-state index contributed by atoms with van der Waals surface area (Å²) in [6, 6.07) is 7.41. The fourth-order valence-electron chi connectivity index (χ4n) is 2.44. The number of aromatic nitrogens is 2. The molecule has 1 N–H and O–H groups in total. The molecule has 1 atom stereocenters. The molecule has 0 unspecified atom stereocenters. The number of fused-ring (bicyclic) bond motifs is 1. The summed E-state index contributed by atoms with van der Waals surface area (Å²) in [5.74, 6) is -0.0716. The van der Waals surface area contributed by atoms with Crippen LogP contribution in [-0.2, 0) is 4.74 Å². The SMILES string of the molecule is C[C@@H](OC(=O)c1cccs1)c1nc2scc(-c3cccs3)c2c(=O)[nH]1. The molecule has 4 rings (SSSR count). The van der Waals surface area contributed by atoms with Crippen LogP contribution in [0.15, 0.2) is 45.2 Å². The summed E-state index contributed by atoms with van der Waals surface area (Å²) in [5, 5.41) is 6.30. The number of thiophene rings is 3. The first kappa shape index (κ1) is 16.2. The van der Waals surface area contributed by atoms with Gasteiger partial charge in [-0.15, -0.1) is 34.0 Å². The number of esters is 1. The van der Waals surface area contributed by atoms with Crippen LogP contribution in [0.1, 0.15) is 28.5 Å². The van der Waals surface area contributed by atoms with Gasteiger partial charge in [0.05, 0.1) is 5.39 Å². The number of nitrogens with zero attached hydrogens (tertiary/aromatic N) is 1. The third-order valence-electron chi connectivity index (χ3n) is 3.64. The zero-order valence-corrected chi connectivity index (χ0v) is 15.5. The summed E-state index contributed by atoms with van der Waals surface area (Å²) in [6.45, 7) is 1.70. The van der Waals surface area contributed by atoms with E-state index in [2.05, 4.69) is 9.97 Å². The lowest BCUT2D eigenvalue weighted by Crippen LogP contribution is -2.16. The standard InChI is InChI=1S/C17H12N2O3S3/c1-9(22-17(21)12-5-3-7-24-12)14-18-15(20)13-10(8-25-16(13)19-14)11-4-2-6-23-11/h2-9H,1H3,(H,18,19,20)/t9-/m1/s1. The van der Waals surface area contributed by atoms with E-state index in [9.17, 15) is 9.59 Å². The van der Waals surface area contributed by atoms with Crippen LogP contribution in [0.5, 0.6) is 0 Å². The maximum absolute atomic E-state index is 12.6. The van der Waals surface area contributed by atoms with Crippen LogP contribution in [0, 0.1) is 0 Å². The Morgan fingerprint density at radius 3 is 2.72 bits per heavy atom. The van der Waals surface area contributed by atoms with E-state index in [-0.39, 0.29) is 5.56 Å². The Balaban J connectivity index is 1.67. The zero-order valence-electron chi connectivity index (χ0n) is 13.0. The molecule has 0 aliphatic rings. The van der Waals surface area contributed by atoms with Gasteiger partial charge < -0.3 is 9.72 Å². The highest BCUT2D eigenvalue weighted by Gasteiger charge is 2.19. The highest BCUT2D eigenvalue weighted by Crippen LogP contribution is 2.33. The quantitative estimate of drug-likeness (QED) is 0.515. The number of rotatable bonds is 4. The maximum Gasteiger partial charge on any atom is 0.349 e. The van der Waals surface area contributed by atoms with Gasteiger partial charge in [0, 0.05) is 15.8 Å². The van der Waals surface area contributed by atoms with Crippen molar-refractivity contribution >= 4 is 50.2 Å². The largest absolute Gasteiger partial charge is 0.450 e. The lowest BCUT2D eigenvalue weighted by atomic mass is 10.2. The van der Waals surface area contributed by atoms with E-state index in [0.29, 0.717) is 20.9 Å². The van der Waals surface area contributed by atoms with Crippen LogP contribution in [0.3, 0.4) is 0 Å². The summed E-state index contributed by atoms with van der Waals surface area (Å²) in [4.78, 5) is 34.1. The molecule has 0 spiro atoms. The van der Waals surface area contributed by atoms with Crippen molar-refractivity contribution in [3.8, 4) is 10.4 Å². The van der Waals surface area contributed by atoms with Crippen LogP contribution in [0.4, 0.5) is 0 Å². The van der Waals surface area contributed by atoms with E-state index in [4.69, 9.17) is 4.74 Å². The fourth-order valence-corrected chi connectivity index (χ4v) is 4.81. The fraction of sp³-hybridized carbons (Fsp3) is 0.118.